The summed E-state index contributed by atoms with van der Waals surface area (Å²) >= 11 is 1.72. The molecular formula is C18H21NOS. The minimum atomic E-state index is 0.109. The standard InChI is InChI=1S/C18H21NOS/c1-3-19(14-15-10-6-5-7-11-15)18(20)16-12-8-9-13-17(16)21-4-2/h5-13H,3-4,14H2,1-2H3. The first kappa shape index (κ1) is 15.6. The molecular weight excluding hydrogens is 278 g/mol. The summed E-state index contributed by atoms with van der Waals surface area (Å²) in [4.78, 5) is 15.7. The second-order valence-corrected chi connectivity index (χ2v) is 6.04. The molecule has 0 spiro atoms. The largest absolute Gasteiger partial charge is 0.335 e. The lowest BCUT2D eigenvalue weighted by Gasteiger charge is -2.22. The molecule has 21 heavy (non-hydrogen) atoms. The molecule has 0 aliphatic rings. The molecule has 2 rings (SSSR count). The van der Waals surface area contributed by atoms with Gasteiger partial charge in [-0.1, -0.05) is 49.4 Å². The molecule has 0 fully saturated rings. The van der Waals surface area contributed by atoms with Gasteiger partial charge in [-0.25, -0.2) is 0 Å². The third-order valence-electron chi connectivity index (χ3n) is 3.30. The van der Waals surface area contributed by atoms with Crippen molar-refractivity contribution in [2.75, 3.05) is 12.3 Å². The fraction of sp³-hybridized carbons (Fsp3) is 0.278. The lowest BCUT2D eigenvalue weighted by Crippen LogP contribution is -2.30. The number of hydrogen-bond donors (Lipinski definition) is 0. The van der Waals surface area contributed by atoms with E-state index in [1.807, 2.05) is 54.3 Å². The van der Waals surface area contributed by atoms with Crippen LogP contribution in [0, 0.1) is 0 Å². The van der Waals surface area contributed by atoms with Crippen molar-refractivity contribution >= 4 is 17.7 Å². The lowest BCUT2D eigenvalue weighted by molar-refractivity contribution is 0.0749. The van der Waals surface area contributed by atoms with Crippen molar-refractivity contribution in [2.45, 2.75) is 25.3 Å². The summed E-state index contributed by atoms with van der Waals surface area (Å²) in [6.45, 7) is 5.49. The molecule has 2 aromatic rings. The van der Waals surface area contributed by atoms with Crippen LogP contribution >= 0.6 is 11.8 Å². The van der Waals surface area contributed by atoms with Crippen LogP contribution in [0.2, 0.25) is 0 Å². The van der Waals surface area contributed by atoms with E-state index in [2.05, 4.69) is 19.1 Å². The number of benzene rings is 2. The number of rotatable bonds is 6. The Balaban J connectivity index is 2.20. The maximum atomic E-state index is 12.8. The van der Waals surface area contributed by atoms with E-state index in [1.165, 1.54) is 0 Å². The topological polar surface area (TPSA) is 20.3 Å². The average Bonchev–Trinajstić information content (AvgIpc) is 2.54. The zero-order chi connectivity index (χ0) is 15.1. The molecule has 0 saturated heterocycles. The lowest BCUT2D eigenvalue weighted by atomic mass is 10.1. The molecule has 2 aromatic carbocycles. The van der Waals surface area contributed by atoms with E-state index in [0.717, 1.165) is 21.8 Å². The average molecular weight is 299 g/mol. The summed E-state index contributed by atoms with van der Waals surface area (Å²) in [7, 11) is 0. The molecule has 0 atom stereocenters. The van der Waals surface area contributed by atoms with Crippen molar-refractivity contribution < 1.29 is 4.79 Å². The van der Waals surface area contributed by atoms with Gasteiger partial charge in [-0.3, -0.25) is 4.79 Å². The molecule has 0 aliphatic heterocycles. The van der Waals surface area contributed by atoms with Crippen molar-refractivity contribution in [3.63, 3.8) is 0 Å². The Labute approximate surface area is 131 Å². The van der Waals surface area contributed by atoms with Gasteiger partial charge >= 0.3 is 0 Å². The Morgan fingerprint density at radius 1 is 1.00 bits per heavy atom. The summed E-state index contributed by atoms with van der Waals surface area (Å²) in [5, 5.41) is 0. The van der Waals surface area contributed by atoms with Gasteiger partial charge in [0.2, 0.25) is 0 Å². The molecule has 0 unspecified atom stereocenters. The van der Waals surface area contributed by atoms with Gasteiger partial charge in [-0.2, -0.15) is 0 Å². The van der Waals surface area contributed by atoms with Crippen LogP contribution in [0.15, 0.2) is 59.5 Å². The van der Waals surface area contributed by atoms with E-state index in [1.54, 1.807) is 11.8 Å². The fourth-order valence-corrected chi connectivity index (χ4v) is 3.02. The highest BCUT2D eigenvalue weighted by Crippen LogP contribution is 2.24. The first-order valence-electron chi connectivity index (χ1n) is 7.31. The van der Waals surface area contributed by atoms with Crippen LogP contribution in [0.5, 0.6) is 0 Å². The summed E-state index contributed by atoms with van der Waals surface area (Å²) < 4.78 is 0. The number of thioether (sulfide) groups is 1. The van der Waals surface area contributed by atoms with Gasteiger partial charge in [0, 0.05) is 18.0 Å². The van der Waals surface area contributed by atoms with E-state index in [4.69, 9.17) is 0 Å². The van der Waals surface area contributed by atoms with Gasteiger partial charge in [0.25, 0.3) is 5.91 Å². The smallest absolute Gasteiger partial charge is 0.255 e. The predicted molar refractivity (Wildman–Crippen MR) is 89.7 cm³/mol. The van der Waals surface area contributed by atoms with Gasteiger partial charge in [0.05, 0.1) is 5.56 Å². The second-order valence-electron chi connectivity index (χ2n) is 4.73. The maximum absolute atomic E-state index is 12.8. The van der Waals surface area contributed by atoms with Gasteiger partial charge in [-0.05, 0) is 30.4 Å². The van der Waals surface area contributed by atoms with Gasteiger partial charge < -0.3 is 4.90 Å². The van der Waals surface area contributed by atoms with Crippen LogP contribution in [0.25, 0.3) is 0 Å². The molecule has 0 saturated carbocycles. The van der Waals surface area contributed by atoms with Crippen molar-refractivity contribution in [1.29, 1.82) is 0 Å². The van der Waals surface area contributed by atoms with Crippen LogP contribution in [0.4, 0.5) is 0 Å². The first-order valence-corrected chi connectivity index (χ1v) is 8.29. The number of carbonyl (C=O) groups excluding carboxylic acids is 1. The molecule has 0 radical (unpaired) electrons. The molecule has 0 bridgehead atoms. The van der Waals surface area contributed by atoms with E-state index < -0.39 is 0 Å². The molecule has 3 heteroatoms. The highest BCUT2D eigenvalue weighted by Gasteiger charge is 2.17. The maximum Gasteiger partial charge on any atom is 0.255 e. The van der Waals surface area contributed by atoms with Gasteiger partial charge in [-0.15, -0.1) is 11.8 Å². The Hall–Kier alpha value is -1.74. The number of carbonyl (C=O) groups is 1. The van der Waals surface area contributed by atoms with Crippen molar-refractivity contribution in [3.05, 3.63) is 65.7 Å². The monoisotopic (exact) mass is 299 g/mol. The normalized spacial score (nSPS) is 10.4. The number of hydrogen-bond acceptors (Lipinski definition) is 2. The third kappa shape index (κ3) is 4.11. The Morgan fingerprint density at radius 3 is 2.33 bits per heavy atom. The summed E-state index contributed by atoms with van der Waals surface area (Å²) in [5.74, 6) is 1.08. The SMILES string of the molecule is CCSc1ccccc1C(=O)N(CC)Cc1ccccc1. The zero-order valence-electron chi connectivity index (χ0n) is 12.6. The van der Waals surface area contributed by atoms with E-state index in [-0.39, 0.29) is 5.91 Å². The van der Waals surface area contributed by atoms with E-state index in [0.29, 0.717) is 13.1 Å². The molecule has 0 heterocycles. The molecule has 110 valence electrons. The molecule has 0 N–H and O–H groups in total. The predicted octanol–water partition coefficient (Wildman–Crippen LogP) is 4.46. The second kappa shape index (κ2) is 7.89. The van der Waals surface area contributed by atoms with Crippen LogP contribution in [-0.4, -0.2) is 23.1 Å². The van der Waals surface area contributed by atoms with Gasteiger partial charge in [0.15, 0.2) is 0 Å². The minimum Gasteiger partial charge on any atom is -0.335 e. The van der Waals surface area contributed by atoms with Crippen molar-refractivity contribution in [3.8, 4) is 0 Å². The Morgan fingerprint density at radius 2 is 1.67 bits per heavy atom. The highest BCUT2D eigenvalue weighted by atomic mass is 32.2. The minimum absolute atomic E-state index is 0.109. The zero-order valence-corrected chi connectivity index (χ0v) is 13.4. The summed E-state index contributed by atoms with van der Waals surface area (Å²) in [6, 6.07) is 18.0. The number of nitrogens with zero attached hydrogens (tertiary/aromatic N) is 1. The van der Waals surface area contributed by atoms with E-state index >= 15 is 0 Å². The fourth-order valence-electron chi connectivity index (χ4n) is 2.23. The first-order chi connectivity index (χ1) is 10.3. The molecule has 2 nitrogen and oxygen atoms in total. The van der Waals surface area contributed by atoms with Crippen LogP contribution in [-0.2, 0) is 6.54 Å². The third-order valence-corrected chi connectivity index (χ3v) is 4.26. The van der Waals surface area contributed by atoms with Gasteiger partial charge in [0.1, 0.15) is 0 Å². The van der Waals surface area contributed by atoms with Crippen LogP contribution in [0.3, 0.4) is 0 Å². The summed E-state index contributed by atoms with van der Waals surface area (Å²) in [6.07, 6.45) is 0. The van der Waals surface area contributed by atoms with Crippen molar-refractivity contribution in [2.24, 2.45) is 0 Å². The molecule has 0 aliphatic carbocycles. The molecule has 1 amide bonds. The van der Waals surface area contributed by atoms with Crippen LogP contribution < -0.4 is 0 Å². The Kier molecular flexibility index (Phi) is 5.88. The quantitative estimate of drug-likeness (QED) is 0.734. The van der Waals surface area contributed by atoms with Crippen LogP contribution in [0.1, 0.15) is 29.8 Å². The van der Waals surface area contributed by atoms with E-state index in [9.17, 15) is 4.79 Å². The molecule has 0 aromatic heterocycles. The Bertz CT molecular complexity index is 583. The highest BCUT2D eigenvalue weighted by molar-refractivity contribution is 7.99. The summed E-state index contributed by atoms with van der Waals surface area (Å²) in [5.41, 5.74) is 1.97. The van der Waals surface area contributed by atoms with Crippen molar-refractivity contribution in [1.82, 2.24) is 4.90 Å². The number of amides is 1.